The molecular weight excluding hydrogens is 546 g/mol. The summed E-state index contributed by atoms with van der Waals surface area (Å²) in [4.78, 5) is 55.8. The van der Waals surface area contributed by atoms with E-state index in [4.69, 9.17) is 9.47 Å². The molecule has 12 heteroatoms. The van der Waals surface area contributed by atoms with Crippen LogP contribution in [-0.2, 0) is 35.0 Å². The van der Waals surface area contributed by atoms with Gasteiger partial charge in [-0.15, -0.1) is 0 Å². The van der Waals surface area contributed by atoms with Crippen LogP contribution in [0.15, 0.2) is 63.3 Å². The molecule has 4 rings (SSSR count). The molecule has 0 aliphatic heterocycles. The summed E-state index contributed by atoms with van der Waals surface area (Å²) in [5, 5.41) is 3.34. The Labute approximate surface area is 241 Å². The van der Waals surface area contributed by atoms with Crippen LogP contribution in [0.5, 0.6) is 5.75 Å². The summed E-state index contributed by atoms with van der Waals surface area (Å²) in [6.07, 6.45) is -0.0410. The standard InChI is InChI=1S/C29H33N5O6S/c1-6-40-24(36)15-22(20-11-13-21(39-5)14-12-20)30-23(35)17-41-28-31-26-25(27(37)33(4)29(38)32(26)3)34(28)16-19-9-7-18(2)8-10-19/h7-14,22H,6,15-17H2,1-5H3,(H,30,35)/t22-/m0/s1. The molecule has 1 amide bonds. The number of ether oxygens (including phenoxy) is 2. The van der Waals surface area contributed by atoms with Crippen LogP contribution in [0, 0.1) is 6.92 Å². The number of benzene rings is 2. The summed E-state index contributed by atoms with van der Waals surface area (Å²) in [6.45, 7) is 4.27. The van der Waals surface area contributed by atoms with Crippen molar-refractivity contribution in [1.29, 1.82) is 0 Å². The van der Waals surface area contributed by atoms with E-state index in [0.717, 1.165) is 33.0 Å². The lowest BCUT2D eigenvalue weighted by atomic mass is 10.0. The SMILES string of the molecule is CCOC(=O)C[C@H](NC(=O)CSc1nc2c(c(=O)n(C)c(=O)n2C)n1Cc1ccc(C)cc1)c1ccc(OC)cc1. The number of thioether (sulfide) groups is 1. The first-order valence-corrected chi connectivity index (χ1v) is 14.0. The zero-order valence-corrected chi connectivity index (χ0v) is 24.5. The van der Waals surface area contributed by atoms with Crippen molar-refractivity contribution in [3.63, 3.8) is 0 Å². The van der Waals surface area contributed by atoms with Crippen molar-refractivity contribution in [2.45, 2.75) is 38.0 Å². The lowest BCUT2D eigenvalue weighted by molar-refractivity contribution is -0.143. The molecule has 0 saturated carbocycles. The fraction of sp³-hybridized carbons (Fsp3) is 0.345. The van der Waals surface area contributed by atoms with Crippen molar-refractivity contribution in [1.82, 2.24) is 24.0 Å². The number of carbonyl (C=O) groups excluding carboxylic acids is 2. The van der Waals surface area contributed by atoms with E-state index >= 15 is 0 Å². The van der Waals surface area contributed by atoms with Crippen LogP contribution in [0.1, 0.15) is 36.1 Å². The Kier molecular flexibility index (Phi) is 9.33. The van der Waals surface area contributed by atoms with Crippen molar-refractivity contribution < 1.29 is 19.1 Å². The van der Waals surface area contributed by atoms with Gasteiger partial charge in [-0.05, 0) is 37.1 Å². The second-order valence-corrected chi connectivity index (χ2v) is 10.5. The van der Waals surface area contributed by atoms with Gasteiger partial charge in [-0.1, -0.05) is 53.7 Å². The predicted molar refractivity (Wildman–Crippen MR) is 156 cm³/mol. The van der Waals surface area contributed by atoms with Gasteiger partial charge < -0.3 is 19.4 Å². The Morgan fingerprint density at radius 3 is 2.34 bits per heavy atom. The van der Waals surface area contributed by atoms with Gasteiger partial charge in [0.1, 0.15) is 5.75 Å². The van der Waals surface area contributed by atoms with Crippen molar-refractivity contribution in [3.8, 4) is 5.75 Å². The number of nitrogens with zero attached hydrogens (tertiary/aromatic N) is 4. The molecule has 1 atom stereocenters. The minimum absolute atomic E-state index is 0.0407. The Bertz CT molecular complexity index is 1670. The molecule has 0 spiro atoms. The van der Waals surface area contributed by atoms with E-state index in [0.29, 0.717) is 17.5 Å². The molecule has 2 aromatic carbocycles. The minimum Gasteiger partial charge on any atom is -0.497 e. The van der Waals surface area contributed by atoms with Gasteiger partial charge in [0.2, 0.25) is 5.91 Å². The van der Waals surface area contributed by atoms with Gasteiger partial charge in [-0.25, -0.2) is 9.78 Å². The van der Waals surface area contributed by atoms with E-state index in [-0.39, 0.29) is 35.9 Å². The summed E-state index contributed by atoms with van der Waals surface area (Å²) < 4.78 is 14.4. The molecule has 0 radical (unpaired) electrons. The summed E-state index contributed by atoms with van der Waals surface area (Å²) in [5.41, 5.74) is 2.32. The average Bonchev–Trinajstić information content (AvgIpc) is 3.33. The van der Waals surface area contributed by atoms with E-state index in [9.17, 15) is 19.2 Å². The van der Waals surface area contributed by atoms with Crippen LogP contribution in [0.25, 0.3) is 11.2 Å². The van der Waals surface area contributed by atoms with Crippen LogP contribution in [0.3, 0.4) is 0 Å². The maximum Gasteiger partial charge on any atom is 0.332 e. The average molecular weight is 580 g/mol. The minimum atomic E-state index is -0.618. The van der Waals surface area contributed by atoms with Crippen LogP contribution in [0.4, 0.5) is 0 Å². The predicted octanol–water partition coefficient (Wildman–Crippen LogP) is 2.70. The van der Waals surface area contributed by atoms with Gasteiger partial charge >= 0.3 is 11.7 Å². The van der Waals surface area contributed by atoms with Crippen molar-refractivity contribution in [2.75, 3.05) is 19.5 Å². The van der Waals surface area contributed by atoms with Gasteiger partial charge in [-0.3, -0.25) is 23.5 Å². The van der Waals surface area contributed by atoms with Gasteiger partial charge in [0.15, 0.2) is 16.3 Å². The number of hydrogen-bond donors (Lipinski definition) is 1. The van der Waals surface area contributed by atoms with E-state index in [1.54, 1.807) is 49.9 Å². The molecule has 0 aliphatic rings. The molecule has 2 heterocycles. The monoisotopic (exact) mass is 579 g/mol. The highest BCUT2D eigenvalue weighted by Gasteiger charge is 2.23. The number of carbonyl (C=O) groups is 2. The largest absolute Gasteiger partial charge is 0.497 e. The molecule has 2 aromatic heterocycles. The molecule has 0 aliphatic carbocycles. The quantitative estimate of drug-likeness (QED) is 0.212. The number of methoxy groups -OCH3 is 1. The van der Waals surface area contributed by atoms with Crippen LogP contribution in [-0.4, -0.2) is 50.0 Å². The number of amides is 1. The van der Waals surface area contributed by atoms with Gasteiger partial charge in [-0.2, -0.15) is 0 Å². The Morgan fingerprint density at radius 1 is 1.02 bits per heavy atom. The highest BCUT2D eigenvalue weighted by atomic mass is 32.2. The molecule has 0 unspecified atom stereocenters. The first-order chi connectivity index (χ1) is 19.6. The number of hydrogen-bond acceptors (Lipinski definition) is 8. The molecule has 1 N–H and O–H groups in total. The maximum absolute atomic E-state index is 13.2. The van der Waals surface area contributed by atoms with Crippen molar-refractivity contribution in [3.05, 3.63) is 86.1 Å². The topological polar surface area (TPSA) is 126 Å². The summed E-state index contributed by atoms with van der Waals surface area (Å²) in [6, 6.07) is 14.3. The van der Waals surface area contributed by atoms with Gasteiger partial charge in [0.05, 0.1) is 38.5 Å². The number of fused-ring (bicyclic) bond motifs is 1. The normalized spacial score (nSPS) is 11.8. The second kappa shape index (κ2) is 12.9. The highest BCUT2D eigenvalue weighted by molar-refractivity contribution is 7.99. The molecule has 4 aromatic rings. The third kappa shape index (κ3) is 6.71. The number of rotatable bonds is 11. The van der Waals surface area contributed by atoms with E-state index < -0.39 is 23.3 Å². The van der Waals surface area contributed by atoms with E-state index in [2.05, 4.69) is 10.3 Å². The zero-order valence-electron chi connectivity index (χ0n) is 23.7. The van der Waals surface area contributed by atoms with Crippen LogP contribution < -0.4 is 21.3 Å². The molecule has 0 bridgehead atoms. The zero-order chi connectivity index (χ0) is 29.7. The Morgan fingerprint density at radius 2 is 1.71 bits per heavy atom. The Balaban J connectivity index is 1.62. The third-order valence-corrected chi connectivity index (χ3v) is 7.61. The first-order valence-electron chi connectivity index (χ1n) is 13.1. The molecule has 11 nitrogen and oxygen atoms in total. The van der Waals surface area contributed by atoms with Gasteiger partial charge in [0.25, 0.3) is 5.56 Å². The molecule has 0 saturated heterocycles. The number of esters is 1. The lowest BCUT2D eigenvalue weighted by Crippen LogP contribution is -2.37. The number of aromatic nitrogens is 4. The number of imidazole rings is 1. The molecule has 41 heavy (non-hydrogen) atoms. The summed E-state index contributed by atoms with van der Waals surface area (Å²) in [5.74, 6) is -0.159. The first kappa shape index (κ1) is 29.7. The van der Waals surface area contributed by atoms with E-state index in [1.165, 1.54) is 11.6 Å². The van der Waals surface area contributed by atoms with Crippen molar-refractivity contribution >= 4 is 34.8 Å². The molecule has 216 valence electrons. The molecule has 0 fully saturated rings. The smallest absolute Gasteiger partial charge is 0.332 e. The fourth-order valence-corrected chi connectivity index (χ4v) is 5.21. The number of aryl methyl sites for hydroxylation is 2. The fourth-order valence-electron chi connectivity index (χ4n) is 4.40. The summed E-state index contributed by atoms with van der Waals surface area (Å²) >= 11 is 1.14. The maximum atomic E-state index is 13.2. The second-order valence-electron chi connectivity index (χ2n) is 9.54. The molecular formula is C29H33N5O6S. The Hall–Kier alpha value is -4.32. The summed E-state index contributed by atoms with van der Waals surface area (Å²) in [7, 11) is 4.55. The highest BCUT2D eigenvalue weighted by Crippen LogP contribution is 2.25. The van der Waals surface area contributed by atoms with Crippen LogP contribution >= 0.6 is 11.8 Å². The lowest BCUT2D eigenvalue weighted by Gasteiger charge is -2.19. The third-order valence-electron chi connectivity index (χ3n) is 6.64. The van der Waals surface area contributed by atoms with E-state index in [1.807, 2.05) is 31.2 Å². The number of nitrogens with one attached hydrogen (secondary N) is 1. The van der Waals surface area contributed by atoms with Gasteiger partial charge in [0, 0.05) is 14.1 Å². The van der Waals surface area contributed by atoms with Crippen LogP contribution in [0.2, 0.25) is 0 Å². The van der Waals surface area contributed by atoms with Crippen molar-refractivity contribution in [2.24, 2.45) is 14.1 Å².